The van der Waals surface area contributed by atoms with Gasteiger partial charge in [0, 0.05) is 9.13 Å². The second kappa shape index (κ2) is 11.0. The SMILES string of the molecule is CCC1=C(C(=O)OC)[C@@H](c2ccccc2)n2c(s/c(=C/c3cc(I)cc(I)c3OCC#N)c2=O)=N1. The number of fused-ring (bicyclic) bond motifs is 1. The zero-order chi connectivity index (χ0) is 25.1. The van der Waals surface area contributed by atoms with Crippen molar-refractivity contribution >= 4 is 68.6 Å². The molecule has 0 fully saturated rings. The van der Waals surface area contributed by atoms with Crippen molar-refractivity contribution in [2.75, 3.05) is 13.7 Å². The molecule has 0 unspecified atom stereocenters. The zero-order valence-electron chi connectivity index (χ0n) is 18.7. The van der Waals surface area contributed by atoms with Crippen LogP contribution in [0.15, 0.2) is 63.5 Å². The van der Waals surface area contributed by atoms with Gasteiger partial charge in [-0.15, -0.1) is 0 Å². The molecule has 35 heavy (non-hydrogen) atoms. The molecule has 0 saturated heterocycles. The highest BCUT2D eigenvalue weighted by molar-refractivity contribution is 14.1. The quantitative estimate of drug-likeness (QED) is 0.286. The van der Waals surface area contributed by atoms with Gasteiger partial charge in [-0.1, -0.05) is 48.6 Å². The Balaban J connectivity index is 2.00. The summed E-state index contributed by atoms with van der Waals surface area (Å²) in [6.45, 7) is 1.82. The molecule has 0 N–H and O–H groups in total. The van der Waals surface area contributed by atoms with Crippen molar-refractivity contribution in [1.29, 1.82) is 5.26 Å². The average molecular weight is 711 g/mol. The number of halogens is 2. The number of rotatable bonds is 6. The Morgan fingerprint density at radius 2 is 2.03 bits per heavy atom. The van der Waals surface area contributed by atoms with Gasteiger partial charge in [-0.2, -0.15) is 5.26 Å². The first-order valence-electron chi connectivity index (χ1n) is 10.6. The third-order valence-corrected chi connectivity index (χ3v) is 7.78. The van der Waals surface area contributed by atoms with Gasteiger partial charge in [0.15, 0.2) is 11.4 Å². The number of benzene rings is 2. The van der Waals surface area contributed by atoms with Crippen molar-refractivity contribution < 1.29 is 14.3 Å². The minimum Gasteiger partial charge on any atom is -0.477 e. The molecule has 0 amide bonds. The highest BCUT2D eigenvalue weighted by Gasteiger charge is 2.33. The van der Waals surface area contributed by atoms with Crippen molar-refractivity contribution in [1.82, 2.24) is 4.57 Å². The summed E-state index contributed by atoms with van der Waals surface area (Å²) in [4.78, 5) is 31.8. The Kier molecular flexibility index (Phi) is 8.08. The van der Waals surface area contributed by atoms with Gasteiger partial charge in [0.1, 0.15) is 11.8 Å². The fourth-order valence-electron chi connectivity index (χ4n) is 3.90. The van der Waals surface area contributed by atoms with Gasteiger partial charge in [-0.05, 0) is 75.4 Å². The molecule has 1 aromatic heterocycles. The summed E-state index contributed by atoms with van der Waals surface area (Å²) >= 11 is 5.62. The number of nitriles is 1. The molecule has 2 heterocycles. The number of ether oxygens (including phenoxy) is 2. The van der Waals surface area contributed by atoms with E-state index in [9.17, 15) is 9.59 Å². The Morgan fingerprint density at radius 1 is 1.29 bits per heavy atom. The van der Waals surface area contributed by atoms with Crippen LogP contribution in [0, 0.1) is 18.5 Å². The molecule has 2 aromatic carbocycles. The molecule has 1 aliphatic rings. The maximum absolute atomic E-state index is 13.8. The standard InChI is InChI=1S/C25H19I2N3O4S/c1-3-18-20(24(32)33-2)21(14-7-5-4-6-8-14)30-23(31)19(35-25(30)29-18)12-15-11-16(26)13-17(27)22(15)34-10-9-28/h4-8,11-13,21H,3,10H2,1-2H3/b19-12+/t21-/m1/s1. The minimum atomic E-state index is -0.651. The summed E-state index contributed by atoms with van der Waals surface area (Å²) in [5.74, 6) is 0.0376. The van der Waals surface area contributed by atoms with Crippen LogP contribution in [0.1, 0.15) is 30.5 Å². The maximum Gasteiger partial charge on any atom is 0.338 e. The van der Waals surface area contributed by atoms with Crippen LogP contribution < -0.4 is 19.6 Å². The summed E-state index contributed by atoms with van der Waals surface area (Å²) in [7, 11) is 1.33. The lowest BCUT2D eigenvalue weighted by molar-refractivity contribution is -0.136. The Bertz CT molecular complexity index is 1550. The normalized spacial score (nSPS) is 15.3. The highest BCUT2D eigenvalue weighted by Crippen LogP contribution is 2.32. The molecule has 7 nitrogen and oxygen atoms in total. The molecule has 4 rings (SSSR count). The summed E-state index contributed by atoms with van der Waals surface area (Å²) < 4.78 is 14.6. The zero-order valence-corrected chi connectivity index (χ0v) is 23.9. The Morgan fingerprint density at radius 3 is 2.69 bits per heavy atom. The molecule has 10 heteroatoms. The fraction of sp³-hybridized carbons (Fsp3) is 0.200. The predicted octanol–water partition coefficient (Wildman–Crippen LogP) is 3.91. The van der Waals surface area contributed by atoms with Gasteiger partial charge in [-0.25, -0.2) is 9.79 Å². The Hall–Kier alpha value is -2.50. The van der Waals surface area contributed by atoms with E-state index in [4.69, 9.17) is 14.7 Å². The summed E-state index contributed by atoms with van der Waals surface area (Å²) in [6.07, 6.45) is 2.27. The molecule has 0 bridgehead atoms. The number of aromatic nitrogens is 1. The molecule has 1 aliphatic heterocycles. The van der Waals surface area contributed by atoms with Gasteiger partial charge >= 0.3 is 5.97 Å². The lowest BCUT2D eigenvalue weighted by Gasteiger charge is -2.25. The number of nitrogens with zero attached hydrogens (tertiary/aromatic N) is 3. The minimum absolute atomic E-state index is 0.102. The third-order valence-electron chi connectivity index (χ3n) is 5.37. The maximum atomic E-state index is 13.8. The molecule has 1 atom stereocenters. The topological polar surface area (TPSA) is 93.7 Å². The highest BCUT2D eigenvalue weighted by atomic mass is 127. The van der Waals surface area contributed by atoms with Gasteiger partial charge in [0.25, 0.3) is 5.56 Å². The van der Waals surface area contributed by atoms with Crippen molar-refractivity contribution in [3.8, 4) is 11.8 Å². The molecular formula is C25H19I2N3O4S. The van der Waals surface area contributed by atoms with Crippen LogP contribution in [0.3, 0.4) is 0 Å². The van der Waals surface area contributed by atoms with Crippen LogP contribution in [0.4, 0.5) is 0 Å². The number of carbonyl (C=O) groups is 1. The second-order valence-corrected chi connectivity index (χ2v) is 10.9. The van der Waals surface area contributed by atoms with E-state index in [1.165, 1.54) is 18.4 Å². The number of hydrogen-bond acceptors (Lipinski definition) is 7. The van der Waals surface area contributed by atoms with Gasteiger partial charge in [0.05, 0.1) is 32.5 Å². The molecule has 0 radical (unpaired) electrons. The number of allylic oxidation sites excluding steroid dienone is 1. The lowest BCUT2D eigenvalue weighted by Crippen LogP contribution is -2.40. The van der Waals surface area contributed by atoms with Gasteiger partial charge < -0.3 is 9.47 Å². The number of esters is 1. The molecule has 178 valence electrons. The van der Waals surface area contributed by atoms with Crippen LogP contribution in [0.5, 0.6) is 5.75 Å². The van der Waals surface area contributed by atoms with E-state index in [1.54, 1.807) is 10.6 Å². The smallest absolute Gasteiger partial charge is 0.338 e. The van der Waals surface area contributed by atoms with Crippen LogP contribution in [-0.2, 0) is 9.53 Å². The number of carbonyl (C=O) groups excluding carboxylic acids is 1. The van der Waals surface area contributed by atoms with Gasteiger partial charge in [-0.3, -0.25) is 9.36 Å². The van der Waals surface area contributed by atoms with Crippen molar-refractivity contribution in [3.63, 3.8) is 0 Å². The summed E-state index contributed by atoms with van der Waals surface area (Å²) in [5, 5.41) is 8.99. The fourth-order valence-corrected chi connectivity index (χ4v) is 6.96. The molecule has 0 spiro atoms. The van der Waals surface area contributed by atoms with Crippen LogP contribution >= 0.6 is 56.5 Å². The van der Waals surface area contributed by atoms with E-state index in [0.29, 0.717) is 38.3 Å². The third kappa shape index (κ3) is 5.07. The van der Waals surface area contributed by atoms with E-state index < -0.39 is 12.0 Å². The first-order chi connectivity index (χ1) is 16.9. The number of thiazole rings is 1. The van der Waals surface area contributed by atoms with E-state index in [1.807, 2.05) is 55.5 Å². The largest absolute Gasteiger partial charge is 0.477 e. The lowest BCUT2D eigenvalue weighted by atomic mass is 9.95. The van der Waals surface area contributed by atoms with E-state index >= 15 is 0 Å². The first kappa shape index (κ1) is 25.6. The van der Waals surface area contributed by atoms with Crippen molar-refractivity contribution in [2.45, 2.75) is 19.4 Å². The molecule has 0 saturated carbocycles. The molecular weight excluding hydrogens is 692 g/mol. The Labute approximate surface area is 232 Å². The van der Waals surface area contributed by atoms with Gasteiger partial charge in [0.2, 0.25) is 0 Å². The van der Waals surface area contributed by atoms with Crippen LogP contribution in [-0.4, -0.2) is 24.3 Å². The van der Waals surface area contributed by atoms with Crippen molar-refractivity contribution in [3.05, 3.63) is 91.7 Å². The average Bonchev–Trinajstić information content (AvgIpc) is 3.16. The second-order valence-electron chi connectivity index (χ2n) is 7.45. The predicted molar refractivity (Wildman–Crippen MR) is 150 cm³/mol. The number of methoxy groups -OCH3 is 1. The molecule has 0 aliphatic carbocycles. The first-order valence-corrected chi connectivity index (χ1v) is 13.5. The van der Waals surface area contributed by atoms with E-state index in [2.05, 4.69) is 50.2 Å². The summed E-state index contributed by atoms with van der Waals surface area (Å²) in [5.41, 5.74) is 2.19. The monoisotopic (exact) mass is 711 g/mol. The van der Waals surface area contributed by atoms with E-state index in [0.717, 1.165) is 12.7 Å². The van der Waals surface area contributed by atoms with E-state index in [-0.39, 0.29) is 12.2 Å². The summed E-state index contributed by atoms with van der Waals surface area (Å²) in [6, 6.07) is 14.6. The molecule has 3 aromatic rings. The van der Waals surface area contributed by atoms with Crippen LogP contribution in [0.25, 0.3) is 6.08 Å². The van der Waals surface area contributed by atoms with Crippen molar-refractivity contribution in [2.24, 2.45) is 4.99 Å². The number of hydrogen-bond donors (Lipinski definition) is 0. The van der Waals surface area contributed by atoms with Crippen LogP contribution in [0.2, 0.25) is 0 Å².